The molecule has 0 aliphatic carbocycles. The van der Waals surface area contributed by atoms with Gasteiger partial charge in [0.05, 0.1) is 7.11 Å². The van der Waals surface area contributed by atoms with Crippen LogP contribution in [0.1, 0.15) is 16.7 Å². The number of hydrogen-bond donors (Lipinski definition) is 1. The van der Waals surface area contributed by atoms with Crippen molar-refractivity contribution in [3.63, 3.8) is 0 Å². The van der Waals surface area contributed by atoms with Crippen molar-refractivity contribution in [3.05, 3.63) is 64.7 Å². The Morgan fingerprint density at radius 3 is 2.76 bits per heavy atom. The van der Waals surface area contributed by atoms with Crippen molar-refractivity contribution in [2.24, 2.45) is 0 Å². The fourth-order valence-corrected chi connectivity index (χ4v) is 2.65. The lowest BCUT2D eigenvalue weighted by Gasteiger charge is -2.16. The van der Waals surface area contributed by atoms with Crippen molar-refractivity contribution < 1.29 is 9.47 Å². The van der Waals surface area contributed by atoms with Gasteiger partial charge in [-0.3, -0.25) is 0 Å². The molecule has 25 heavy (non-hydrogen) atoms. The van der Waals surface area contributed by atoms with Crippen LogP contribution in [0.4, 0.5) is 5.69 Å². The molecule has 2 rings (SSSR count). The van der Waals surface area contributed by atoms with Gasteiger partial charge >= 0.3 is 0 Å². The van der Waals surface area contributed by atoms with Crippen LogP contribution in [0, 0.1) is 19.3 Å². The molecule has 0 heterocycles. The third-order valence-corrected chi connectivity index (χ3v) is 4.15. The predicted octanol–water partition coefficient (Wildman–Crippen LogP) is 5.01. The number of ether oxygens (including phenoxy) is 2. The van der Waals surface area contributed by atoms with Crippen LogP contribution in [0.15, 0.2) is 43.0 Å². The van der Waals surface area contributed by atoms with E-state index in [4.69, 9.17) is 27.5 Å². The first-order valence-corrected chi connectivity index (χ1v) is 8.33. The van der Waals surface area contributed by atoms with Gasteiger partial charge in [0.2, 0.25) is 0 Å². The topological polar surface area (TPSA) is 30.5 Å². The smallest absolute Gasteiger partial charge is 0.166 e. The van der Waals surface area contributed by atoms with Crippen LogP contribution in [0.3, 0.4) is 0 Å². The van der Waals surface area contributed by atoms with Crippen LogP contribution in [0.25, 0.3) is 0 Å². The van der Waals surface area contributed by atoms with Crippen LogP contribution in [-0.2, 0) is 13.0 Å². The molecular formula is C21H22ClNO2. The monoisotopic (exact) mass is 355 g/mol. The highest BCUT2D eigenvalue weighted by atomic mass is 35.5. The minimum atomic E-state index is 0.194. The molecule has 0 atom stereocenters. The molecule has 0 spiro atoms. The van der Waals surface area contributed by atoms with E-state index >= 15 is 0 Å². The summed E-state index contributed by atoms with van der Waals surface area (Å²) in [6, 6.07) is 9.93. The second-order valence-electron chi connectivity index (χ2n) is 5.59. The molecule has 0 bridgehead atoms. The average Bonchev–Trinajstić information content (AvgIpc) is 2.61. The molecule has 0 unspecified atom stereocenters. The number of terminal acetylenes is 1. The summed E-state index contributed by atoms with van der Waals surface area (Å²) >= 11 is 6.18. The molecule has 4 heteroatoms. The highest BCUT2D eigenvalue weighted by Gasteiger charge is 2.12. The van der Waals surface area contributed by atoms with Gasteiger partial charge in [-0.1, -0.05) is 29.7 Å². The van der Waals surface area contributed by atoms with E-state index in [1.807, 2.05) is 37.3 Å². The molecular weight excluding hydrogens is 334 g/mol. The second-order valence-corrected chi connectivity index (χ2v) is 6.00. The van der Waals surface area contributed by atoms with Gasteiger partial charge in [0.1, 0.15) is 6.61 Å². The lowest BCUT2D eigenvalue weighted by molar-refractivity contribution is 0.328. The molecule has 0 fully saturated rings. The summed E-state index contributed by atoms with van der Waals surface area (Å²) in [5.41, 5.74) is 4.08. The van der Waals surface area contributed by atoms with Crippen LogP contribution < -0.4 is 14.8 Å². The molecule has 0 saturated heterocycles. The summed E-state index contributed by atoms with van der Waals surface area (Å²) in [6.45, 7) is 6.62. The molecule has 0 aliphatic rings. The number of allylic oxidation sites excluding steroid dienone is 1. The van der Waals surface area contributed by atoms with E-state index in [-0.39, 0.29) is 6.61 Å². The van der Waals surface area contributed by atoms with Crippen molar-refractivity contribution in [2.45, 2.75) is 19.9 Å². The third kappa shape index (κ3) is 4.95. The zero-order valence-electron chi connectivity index (χ0n) is 14.6. The van der Waals surface area contributed by atoms with Gasteiger partial charge in [0.25, 0.3) is 0 Å². The number of aryl methyl sites for hydroxylation is 1. The van der Waals surface area contributed by atoms with E-state index in [0.717, 1.165) is 27.4 Å². The number of nitrogens with one attached hydrogen (secondary N) is 1. The van der Waals surface area contributed by atoms with Gasteiger partial charge in [0, 0.05) is 22.8 Å². The van der Waals surface area contributed by atoms with E-state index in [0.29, 0.717) is 24.5 Å². The van der Waals surface area contributed by atoms with Gasteiger partial charge < -0.3 is 14.8 Å². The first kappa shape index (κ1) is 18.8. The van der Waals surface area contributed by atoms with Crippen LogP contribution in [-0.4, -0.2) is 13.7 Å². The first-order valence-electron chi connectivity index (χ1n) is 7.96. The molecule has 2 aromatic carbocycles. The molecule has 130 valence electrons. The normalized spacial score (nSPS) is 10.0. The van der Waals surface area contributed by atoms with Crippen molar-refractivity contribution in [3.8, 4) is 23.8 Å². The van der Waals surface area contributed by atoms with Crippen LogP contribution in [0.2, 0.25) is 5.02 Å². The minimum absolute atomic E-state index is 0.194. The van der Waals surface area contributed by atoms with Crippen molar-refractivity contribution in [2.75, 3.05) is 19.0 Å². The number of halogens is 1. The predicted molar refractivity (Wildman–Crippen MR) is 105 cm³/mol. The molecule has 0 amide bonds. The fourth-order valence-electron chi connectivity index (χ4n) is 2.47. The zero-order chi connectivity index (χ0) is 18.2. The summed E-state index contributed by atoms with van der Waals surface area (Å²) in [7, 11) is 1.62. The maximum atomic E-state index is 6.18. The molecule has 3 nitrogen and oxygen atoms in total. The Morgan fingerprint density at radius 2 is 2.12 bits per heavy atom. The zero-order valence-corrected chi connectivity index (χ0v) is 15.3. The maximum Gasteiger partial charge on any atom is 0.166 e. The van der Waals surface area contributed by atoms with Gasteiger partial charge in [-0.15, -0.1) is 13.0 Å². The van der Waals surface area contributed by atoms with Gasteiger partial charge in [-0.2, -0.15) is 0 Å². The Morgan fingerprint density at radius 1 is 1.32 bits per heavy atom. The van der Waals surface area contributed by atoms with E-state index in [2.05, 4.69) is 23.9 Å². The highest BCUT2D eigenvalue weighted by Crippen LogP contribution is 2.34. The second kappa shape index (κ2) is 9.05. The fraction of sp³-hybridized carbons (Fsp3) is 0.238. The van der Waals surface area contributed by atoms with E-state index < -0.39 is 0 Å². The lowest BCUT2D eigenvalue weighted by atomic mass is 10.1. The van der Waals surface area contributed by atoms with Crippen molar-refractivity contribution >= 4 is 17.3 Å². The minimum Gasteiger partial charge on any atom is -0.493 e. The lowest BCUT2D eigenvalue weighted by Crippen LogP contribution is -2.05. The Kier molecular flexibility index (Phi) is 6.80. The quantitative estimate of drug-likeness (QED) is 0.533. The molecule has 0 aromatic heterocycles. The van der Waals surface area contributed by atoms with Gasteiger partial charge in [0.15, 0.2) is 11.5 Å². The first-order chi connectivity index (χ1) is 12.1. The summed E-state index contributed by atoms with van der Waals surface area (Å²) < 4.78 is 11.1. The number of anilines is 1. The van der Waals surface area contributed by atoms with Crippen LogP contribution >= 0.6 is 11.6 Å². The van der Waals surface area contributed by atoms with E-state index in [1.165, 1.54) is 0 Å². The van der Waals surface area contributed by atoms with Crippen LogP contribution in [0.5, 0.6) is 11.5 Å². The summed E-state index contributed by atoms with van der Waals surface area (Å²) in [5.74, 6) is 3.81. The molecule has 0 saturated carbocycles. The number of hydrogen-bond acceptors (Lipinski definition) is 3. The SMILES string of the molecule is C#CCOc1c(CC=C)cc(CNc2ccc(C)c(Cl)c2)cc1OC. The summed E-state index contributed by atoms with van der Waals surface area (Å²) in [5, 5.41) is 4.12. The van der Waals surface area contributed by atoms with Crippen molar-refractivity contribution in [1.29, 1.82) is 0 Å². The number of rotatable bonds is 8. The van der Waals surface area contributed by atoms with Gasteiger partial charge in [-0.05, 0) is 48.7 Å². The molecule has 2 aromatic rings. The highest BCUT2D eigenvalue weighted by molar-refractivity contribution is 6.31. The average molecular weight is 356 g/mol. The largest absolute Gasteiger partial charge is 0.493 e. The number of benzene rings is 2. The summed E-state index contributed by atoms with van der Waals surface area (Å²) in [6.07, 6.45) is 7.79. The number of methoxy groups -OCH3 is 1. The third-order valence-electron chi connectivity index (χ3n) is 3.74. The summed E-state index contributed by atoms with van der Waals surface area (Å²) in [4.78, 5) is 0. The van der Waals surface area contributed by atoms with E-state index in [9.17, 15) is 0 Å². The molecule has 0 radical (unpaired) electrons. The molecule has 1 N–H and O–H groups in total. The standard InChI is InChI=1S/C21H22ClNO2/c1-5-7-17-11-16(12-20(24-4)21(17)25-10-6-2)14-23-18-9-8-15(3)19(22)13-18/h2,5,8-9,11-13,23H,1,7,10,14H2,3-4H3. The Hall–Kier alpha value is -2.57. The Bertz CT molecular complexity index is 793. The Balaban J connectivity index is 2.24. The van der Waals surface area contributed by atoms with Gasteiger partial charge in [-0.25, -0.2) is 0 Å². The Labute approximate surface area is 154 Å². The molecule has 0 aliphatic heterocycles. The van der Waals surface area contributed by atoms with Crippen molar-refractivity contribution in [1.82, 2.24) is 0 Å². The van der Waals surface area contributed by atoms with E-state index in [1.54, 1.807) is 7.11 Å². The maximum absolute atomic E-state index is 6.18.